The fraction of sp³-hybridized carbons (Fsp3) is 0.650. The lowest BCUT2D eigenvalue weighted by molar-refractivity contribution is -0.126. The van der Waals surface area contributed by atoms with Gasteiger partial charge in [0.05, 0.1) is 6.10 Å². The summed E-state index contributed by atoms with van der Waals surface area (Å²) < 4.78 is 4.99. The number of β-amino-alcohol motifs (C(OH)–C–C–N with tert-alkyl or cyclic N) is 1. The topological polar surface area (TPSA) is 61.8 Å². The second-order valence-electron chi connectivity index (χ2n) is 7.15. The molecule has 5 heteroatoms. The van der Waals surface area contributed by atoms with Crippen molar-refractivity contribution < 1.29 is 14.6 Å². The molecule has 5 nitrogen and oxygen atoms in total. The van der Waals surface area contributed by atoms with E-state index in [1.54, 1.807) is 7.11 Å². The van der Waals surface area contributed by atoms with Gasteiger partial charge in [-0.05, 0) is 51.8 Å². The lowest BCUT2D eigenvalue weighted by Crippen LogP contribution is -2.42. The molecule has 2 N–H and O–H groups in total. The Bertz CT molecular complexity index is 534. The molecule has 1 aliphatic rings. The third-order valence-corrected chi connectivity index (χ3v) is 4.84. The quantitative estimate of drug-likeness (QED) is 0.707. The van der Waals surface area contributed by atoms with E-state index in [4.69, 9.17) is 4.74 Å². The summed E-state index contributed by atoms with van der Waals surface area (Å²) in [6.07, 6.45) is 2.09. The van der Waals surface area contributed by atoms with Crippen LogP contribution >= 0.6 is 0 Å². The zero-order chi connectivity index (χ0) is 18.2. The highest BCUT2D eigenvalue weighted by molar-refractivity contribution is 5.78. The van der Waals surface area contributed by atoms with Crippen molar-refractivity contribution in [3.8, 4) is 0 Å². The molecule has 1 fully saturated rings. The number of carbonyl (C=O) groups is 1. The average molecular weight is 348 g/mol. The third kappa shape index (κ3) is 6.42. The van der Waals surface area contributed by atoms with Gasteiger partial charge < -0.3 is 20.1 Å². The molecule has 1 aromatic rings. The molecule has 1 atom stereocenters. The van der Waals surface area contributed by atoms with Crippen LogP contribution < -0.4 is 5.32 Å². The van der Waals surface area contributed by atoms with E-state index < -0.39 is 6.10 Å². The predicted octanol–water partition coefficient (Wildman–Crippen LogP) is 2.20. The number of hydrogen-bond donors (Lipinski definition) is 2. The average Bonchev–Trinajstić information content (AvgIpc) is 2.58. The van der Waals surface area contributed by atoms with Gasteiger partial charge in [0.15, 0.2) is 0 Å². The van der Waals surface area contributed by atoms with Crippen LogP contribution in [0.15, 0.2) is 18.2 Å². The number of amides is 1. The lowest BCUT2D eigenvalue weighted by Gasteiger charge is -2.32. The molecule has 25 heavy (non-hydrogen) atoms. The lowest BCUT2D eigenvalue weighted by atomic mass is 9.95. The minimum atomic E-state index is -0.474. The first-order valence-corrected chi connectivity index (χ1v) is 9.25. The first-order valence-electron chi connectivity index (χ1n) is 9.25. The van der Waals surface area contributed by atoms with Crippen LogP contribution in [0.1, 0.15) is 42.1 Å². The second kappa shape index (κ2) is 9.90. The molecular weight excluding hydrogens is 316 g/mol. The highest BCUT2D eigenvalue weighted by Crippen LogP contribution is 2.22. The van der Waals surface area contributed by atoms with Crippen molar-refractivity contribution >= 4 is 5.91 Å². The maximum absolute atomic E-state index is 12.2. The van der Waals surface area contributed by atoms with Gasteiger partial charge in [-0.3, -0.25) is 4.79 Å². The van der Waals surface area contributed by atoms with Crippen molar-refractivity contribution in [2.45, 2.75) is 39.2 Å². The minimum Gasteiger partial charge on any atom is -0.387 e. The van der Waals surface area contributed by atoms with Gasteiger partial charge in [0.25, 0.3) is 0 Å². The maximum atomic E-state index is 12.2. The first-order chi connectivity index (χ1) is 12.0. The van der Waals surface area contributed by atoms with Gasteiger partial charge in [0.2, 0.25) is 5.91 Å². The molecule has 1 heterocycles. The predicted molar refractivity (Wildman–Crippen MR) is 99.5 cm³/mol. The SMILES string of the molecule is COCCCNC(=O)C1CCN(CC(O)c2cc(C)cc(C)c2)CC1. The summed E-state index contributed by atoms with van der Waals surface area (Å²) in [5, 5.41) is 13.5. The van der Waals surface area contributed by atoms with Crippen molar-refractivity contribution in [3.05, 3.63) is 34.9 Å². The van der Waals surface area contributed by atoms with Crippen molar-refractivity contribution in [2.24, 2.45) is 5.92 Å². The van der Waals surface area contributed by atoms with Crippen LogP contribution in [-0.2, 0) is 9.53 Å². The standard InChI is InChI=1S/C20H32N2O3/c1-15-11-16(2)13-18(12-15)19(23)14-22-8-5-17(6-9-22)20(24)21-7-4-10-25-3/h11-13,17,19,23H,4-10,14H2,1-3H3,(H,21,24). The molecule has 0 spiro atoms. The van der Waals surface area contributed by atoms with Crippen molar-refractivity contribution in [1.82, 2.24) is 10.2 Å². The van der Waals surface area contributed by atoms with Gasteiger partial charge in [-0.2, -0.15) is 0 Å². The molecule has 0 bridgehead atoms. The molecule has 0 saturated carbocycles. The molecule has 1 unspecified atom stereocenters. The molecule has 2 rings (SSSR count). The van der Waals surface area contributed by atoms with Crippen LogP contribution in [0.25, 0.3) is 0 Å². The number of benzene rings is 1. The van der Waals surface area contributed by atoms with Gasteiger partial charge in [0, 0.05) is 32.7 Å². The van der Waals surface area contributed by atoms with E-state index in [1.165, 1.54) is 11.1 Å². The second-order valence-corrected chi connectivity index (χ2v) is 7.15. The molecule has 140 valence electrons. The normalized spacial score (nSPS) is 17.4. The summed E-state index contributed by atoms with van der Waals surface area (Å²) in [6, 6.07) is 6.22. The van der Waals surface area contributed by atoms with E-state index in [9.17, 15) is 9.90 Å². The number of ether oxygens (including phenoxy) is 1. The largest absolute Gasteiger partial charge is 0.387 e. The number of aliphatic hydroxyl groups excluding tert-OH is 1. The van der Waals surface area contributed by atoms with E-state index >= 15 is 0 Å². The number of rotatable bonds is 8. The summed E-state index contributed by atoms with van der Waals surface area (Å²) >= 11 is 0. The van der Waals surface area contributed by atoms with Crippen LogP contribution in [-0.4, -0.2) is 55.8 Å². The van der Waals surface area contributed by atoms with Crippen molar-refractivity contribution in [1.29, 1.82) is 0 Å². The number of piperidine rings is 1. The van der Waals surface area contributed by atoms with Crippen molar-refractivity contribution in [2.75, 3.05) is 39.9 Å². The highest BCUT2D eigenvalue weighted by atomic mass is 16.5. The van der Waals surface area contributed by atoms with Gasteiger partial charge in [-0.15, -0.1) is 0 Å². The third-order valence-electron chi connectivity index (χ3n) is 4.84. The van der Waals surface area contributed by atoms with E-state index in [-0.39, 0.29) is 11.8 Å². The Labute approximate surface area is 151 Å². The first kappa shape index (κ1) is 19.9. The van der Waals surface area contributed by atoms with E-state index in [0.717, 1.165) is 37.9 Å². The van der Waals surface area contributed by atoms with E-state index in [2.05, 4.69) is 42.3 Å². The molecule has 1 aliphatic heterocycles. The zero-order valence-electron chi connectivity index (χ0n) is 15.8. The van der Waals surface area contributed by atoms with Gasteiger partial charge in [-0.1, -0.05) is 29.3 Å². The summed E-state index contributed by atoms with van der Waals surface area (Å²) in [4.78, 5) is 14.4. The zero-order valence-corrected chi connectivity index (χ0v) is 15.8. The molecule has 0 aliphatic carbocycles. The van der Waals surface area contributed by atoms with Crippen LogP contribution in [0, 0.1) is 19.8 Å². The van der Waals surface area contributed by atoms with Crippen LogP contribution in [0.2, 0.25) is 0 Å². The summed E-state index contributed by atoms with van der Waals surface area (Å²) in [5.41, 5.74) is 3.34. The van der Waals surface area contributed by atoms with Gasteiger partial charge in [-0.25, -0.2) is 0 Å². The Morgan fingerprint density at radius 3 is 2.52 bits per heavy atom. The number of nitrogens with zero attached hydrogens (tertiary/aromatic N) is 1. The van der Waals surface area contributed by atoms with Crippen LogP contribution in [0.3, 0.4) is 0 Å². The van der Waals surface area contributed by atoms with E-state index in [1.807, 2.05) is 0 Å². The molecule has 1 saturated heterocycles. The highest BCUT2D eigenvalue weighted by Gasteiger charge is 2.26. The number of hydrogen-bond acceptors (Lipinski definition) is 4. The summed E-state index contributed by atoms with van der Waals surface area (Å²) in [7, 11) is 1.67. The fourth-order valence-electron chi connectivity index (χ4n) is 3.50. The Morgan fingerprint density at radius 2 is 1.92 bits per heavy atom. The monoisotopic (exact) mass is 348 g/mol. The van der Waals surface area contributed by atoms with Crippen molar-refractivity contribution in [3.63, 3.8) is 0 Å². The summed E-state index contributed by atoms with van der Waals surface area (Å²) in [5.74, 6) is 0.253. The molecule has 0 aromatic heterocycles. The number of aryl methyl sites for hydroxylation is 2. The number of likely N-dealkylation sites (tertiary alicyclic amines) is 1. The number of methoxy groups -OCH3 is 1. The molecule has 1 aromatic carbocycles. The van der Waals surface area contributed by atoms with Gasteiger partial charge >= 0.3 is 0 Å². The number of nitrogens with one attached hydrogen (secondary N) is 1. The molecular formula is C20H32N2O3. The Hall–Kier alpha value is -1.43. The summed E-state index contributed by atoms with van der Waals surface area (Å²) in [6.45, 7) is 7.81. The Morgan fingerprint density at radius 1 is 1.28 bits per heavy atom. The maximum Gasteiger partial charge on any atom is 0.223 e. The smallest absolute Gasteiger partial charge is 0.223 e. The Kier molecular flexibility index (Phi) is 7.88. The molecule has 0 radical (unpaired) electrons. The minimum absolute atomic E-state index is 0.0946. The van der Waals surface area contributed by atoms with Crippen LogP contribution in [0.5, 0.6) is 0 Å². The number of carbonyl (C=O) groups excluding carboxylic acids is 1. The van der Waals surface area contributed by atoms with E-state index in [0.29, 0.717) is 19.7 Å². The number of aliphatic hydroxyl groups is 1. The Balaban J connectivity index is 1.75. The fourth-order valence-corrected chi connectivity index (χ4v) is 3.50. The van der Waals surface area contributed by atoms with Crippen LogP contribution in [0.4, 0.5) is 0 Å². The molecule has 1 amide bonds. The van der Waals surface area contributed by atoms with Gasteiger partial charge in [0.1, 0.15) is 0 Å².